The van der Waals surface area contributed by atoms with E-state index in [-0.39, 0.29) is 86.2 Å². The second-order valence-corrected chi connectivity index (χ2v) is 16.3. The number of unbranched alkanes of at least 4 members (excludes halogenated alkanes) is 3. The summed E-state index contributed by atoms with van der Waals surface area (Å²) < 4.78 is 13.9. The first-order valence-electron chi connectivity index (χ1n) is 21.4. The van der Waals surface area contributed by atoms with Crippen LogP contribution in [0.15, 0.2) is 60.8 Å². The number of aliphatic carboxylic acids is 3. The van der Waals surface area contributed by atoms with Crippen molar-refractivity contribution in [2.75, 3.05) is 6.54 Å². The number of carboxylic acids is 3. The summed E-state index contributed by atoms with van der Waals surface area (Å²) in [6, 6.07) is 10.7. The molecule has 3 heterocycles. The minimum atomic E-state index is -1.44. The van der Waals surface area contributed by atoms with Gasteiger partial charge in [-0.3, -0.25) is 24.0 Å². The highest BCUT2D eigenvalue weighted by atomic mass is 16.6. The number of fused-ring (bicyclic) bond motifs is 6. The maximum absolute atomic E-state index is 13.8. The smallest absolute Gasteiger partial charge is 0.340 e. The van der Waals surface area contributed by atoms with E-state index in [4.69, 9.17) is 31.8 Å². The van der Waals surface area contributed by atoms with Crippen molar-refractivity contribution in [1.29, 1.82) is 0 Å². The molecule has 346 valence electrons. The molecule has 19 heteroatoms. The monoisotopic (exact) mass is 898 g/mol. The fraction of sp³-hybridized carbons (Fsp3) is 0.391. The second kappa shape index (κ2) is 20.7. The predicted molar refractivity (Wildman–Crippen MR) is 232 cm³/mol. The Labute approximate surface area is 373 Å². The van der Waals surface area contributed by atoms with Crippen LogP contribution in [-0.2, 0) is 55.4 Å². The van der Waals surface area contributed by atoms with Crippen LogP contribution < -0.4 is 32.6 Å². The first-order chi connectivity index (χ1) is 31.0. The maximum Gasteiger partial charge on any atom is 0.340 e. The lowest BCUT2D eigenvalue weighted by Gasteiger charge is -2.36. The molecule has 3 aromatic carbocycles. The normalized spacial score (nSPS) is 14.5. The number of aromatic hydroxyl groups is 2. The number of phenols is 2. The molecule has 0 saturated carbocycles. The molecule has 65 heavy (non-hydrogen) atoms. The Bertz CT molecular complexity index is 2420. The van der Waals surface area contributed by atoms with Crippen molar-refractivity contribution in [2.45, 2.75) is 107 Å². The first-order valence-corrected chi connectivity index (χ1v) is 21.4. The van der Waals surface area contributed by atoms with Crippen LogP contribution >= 0.6 is 0 Å². The molecule has 0 bridgehead atoms. The number of carbonyl (C=O) groups is 6. The number of benzene rings is 3. The average Bonchev–Trinajstić information content (AvgIpc) is 3.76. The molecular formula is C46H54N6O13. The highest BCUT2D eigenvalue weighted by Gasteiger charge is 2.53. The summed E-state index contributed by atoms with van der Waals surface area (Å²) in [5.41, 5.74) is 19.7. The van der Waals surface area contributed by atoms with E-state index in [1.165, 1.54) is 24.3 Å². The lowest BCUT2D eigenvalue weighted by molar-refractivity contribution is -0.139. The molecule has 13 N–H and O–H groups in total. The Hall–Kier alpha value is -6.96. The Morgan fingerprint density at radius 1 is 0.692 bits per heavy atom. The summed E-state index contributed by atoms with van der Waals surface area (Å²) in [6.45, 7) is 0.698. The van der Waals surface area contributed by atoms with Gasteiger partial charge in [0.2, 0.25) is 5.91 Å². The number of carboxylic acid groups (broad SMARTS) is 3. The average molecular weight is 899 g/mol. The number of ether oxygens (including phenoxy) is 2. The van der Waals surface area contributed by atoms with Crippen molar-refractivity contribution in [3.05, 3.63) is 105 Å². The zero-order chi connectivity index (χ0) is 47.0. The number of nitrogens with two attached hydrogens (primary N) is 3. The first kappa shape index (κ1) is 47.5. The van der Waals surface area contributed by atoms with E-state index >= 15 is 0 Å². The fourth-order valence-electron chi connectivity index (χ4n) is 8.24. The molecule has 6 rings (SSSR count). The van der Waals surface area contributed by atoms with Gasteiger partial charge in [-0.05, 0) is 111 Å². The van der Waals surface area contributed by atoms with Crippen molar-refractivity contribution >= 4 is 35.7 Å². The molecule has 2 amide bonds. The van der Waals surface area contributed by atoms with Gasteiger partial charge in [-0.15, -0.1) is 0 Å². The predicted octanol–water partition coefficient (Wildman–Crippen LogP) is 3.35. The highest BCUT2D eigenvalue weighted by molar-refractivity contribution is 5.97. The number of aromatic nitrogens is 1. The van der Waals surface area contributed by atoms with Crippen LogP contribution in [0.3, 0.4) is 0 Å². The van der Waals surface area contributed by atoms with Gasteiger partial charge in [-0.1, -0.05) is 12.5 Å². The molecule has 3 atom stereocenters. The van der Waals surface area contributed by atoms with E-state index in [0.29, 0.717) is 77.6 Å². The van der Waals surface area contributed by atoms with E-state index in [2.05, 4.69) is 10.6 Å². The summed E-state index contributed by atoms with van der Waals surface area (Å²) in [7, 11) is 0. The number of esters is 1. The second-order valence-electron chi connectivity index (χ2n) is 16.3. The Morgan fingerprint density at radius 2 is 1.31 bits per heavy atom. The van der Waals surface area contributed by atoms with Gasteiger partial charge in [0, 0.05) is 61.1 Å². The number of amides is 2. The van der Waals surface area contributed by atoms with Gasteiger partial charge in [-0.25, -0.2) is 4.79 Å². The number of nitrogens with one attached hydrogen (secondary N) is 2. The van der Waals surface area contributed by atoms with E-state index in [0.717, 1.165) is 0 Å². The summed E-state index contributed by atoms with van der Waals surface area (Å²) in [6.07, 6.45) is 5.04. The molecule has 0 aliphatic carbocycles. The van der Waals surface area contributed by atoms with Crippen molar-refractivity contribution in [2.24, 2.45) is 17.2 Å². The van der Waals surface area contributed by atoms with Crippen molar-refractivity contribution < 1.29 is 63.8 Å². The fourth-order valence-corrected chi connectivity index (χ4v) is 8.24. The molecule has 2 aliphatic heterocycles. The molecule has 2 aliphatic rings. The van der Waals surface area contributed by atoms with Crippen LogP contribution in [-0.4, -0.2) is 90.5 Å². The number of phenolic OH excluding ortho intramolecular Hbond substituents is 2. The summed E-state index contributed by atoms with van der Waals surface area (Å²) in [4.78, 5) is 74.4. The topological polar surface area (TPSA) is 329 Å². The third-order valence-corrected chi connectivity index (χ3v) is 11.7. The van der Waals surface area contributed by atoms with Crippen LogP contribution in [0.25, 0.3) is 0 Å². The number of carbonyl (C=O) groups excluding carboxylic acids is 3. The van der Waals surface area contributed by atoms with Gasteiger partial charge < -0.3 is 67.4 Å². The van der Waals surface area contributed by atoms with Crippen LogP contribution in [0, 0.1) is 0 Å². The van der Waals surface area contributed by atoms with Crippen molar-refractivity contribution in [3.8, 4) is 23.0 Å². The van der Waals surface area contributed by atoms with Crippen molar-refractivity contribution in [3.63, 3.8) is 0 Å². The Kier molecular flexibility index (Phi) is 15.1. The van der Waals surface area contributed by atoms with Gasteiger partial charge in [0.25, 0.3) is 5.91 Å². The van der Waals surface area contributed by atoms with Crippen LogP contribution in [0.5, 0.6) is 23.0 Å². The third kappa shape index (κ3) is 10.9. The molecule has 0 unspecified atom stereocenters. The summed E-state index contributed by atoms with van der Waals surface area (Å²) in [5, 5.41) is 54.2. The van der Waals surface area contributed by atoms with E-state index in [1.54, 1.807) is 41.1 Å². The lowest BCUT2D eigenvalue weighted by atomic mass is 9.77. The van der Waals surface area contributed by atoms with Crippen LogP contribution in [0.4, 0.5) is 0 Å². The Morgan fingerprint density at radius 3 is 1.94 bits per heavy atom. The molecule has 0 radical (unpaired) electrons. The molecule has 1 aromatic heterocycles. The third-order valence-electron chi connectivity index (χ3n) is 11.7. The minimum Gasteiger partial charge on any atom is -0.508 e. The van der Waals surface area contributed by atoms with Gasteiger partial charge in [0.15, 0.2) is 5.60 Å². The van der Waals surface area contributed by atoms with Crippen LogP contribution in [0.2, 0.25) is 0 Å². The zero-order valence-electron chi connectivity index (χ0n) is 35.6. The van der Waals surface area contributed by atoms with Crippen LogP contribution in [0.1, 0.15) is 112 Å². The number of hydrogen-bond acceptors (Lipinski definition) is 13. The summed E-state index contributed by atoms with van der Waals surface area (Å²) in [5.74, 6) is -4.39. The highest BCUT2D eigenvalue weighted by Crippen LogP contribution is 2.57. The van der Waals surface area contributed by atoms with Gasteiger partial charge in [0.05, 0.1) is 5.56 Å². The van der Waals surface area contributed by atoms with Gasteiger partial charge in [0.1, 0.15) is 46.8 Å². The largest absolute Gasteiger partial charge is 0.508 e. The Balaban J connectivity index is 1.06. The van der Waals surface area contributed by atoms with Gasteiger partial charge in [-0.2, -0.15) is 0 Å². The lowest BCUT2D eigenvalue weighted by Crippen LogP contribution is -2.33. The molecule has 0 saturated heterocycles. The molecular weight excluding hydrogens is 845 g/mol. The number of rotatable bonds is 23. The van der Waals surface area contributed by atoms with E-state index in [1.807, 2.05) is 0 Å². The minimum absolute atomic E-state index is 0.00516. The standard InChI is InChI=1S/C46H54N6O13/c47-34(42(57)58)6-3-5-19-52-24-26(9-16-35(48)43(59)60)29(13-17-36(49)44(61)62)40(52)41(56)50-18-4-1-2-7-39(55)51-23-25-8-12-30-33(20-25)46(65-45(30)63)31-14-10-27(53)21-37(31)64-38-22-28(54)11-15-32(38)46/h8,10-12,14-15,20-22,24,34-36,53-54H,1-7,9,13,16-19,23,47-49H2,(H,50,56)(H,51,55)(H,57,58)(H,59,60)(H,61,62)/t34-,35-,36-/m0/s1. The molecule has 1 spiro atoms. The number of hydrogen-bond donors (Lipinski definition) is 10. The number of nitrogens with zero attached hydrogens (tertiary/aromatic N) is 1. The van der Waals surface area contributed by atoms with E-state index < -0.39 is 53.5 Å². The van der Waals surface area contributed by atoms with E-state index in [9.17, 15) is 49.2 Å². The summed E-state index contributed by atoms with van der Waals surface area (Å²) >= 11 is 0. The quantitative estimate of drug-likeness (QED) is 0.0377. The number of aryl methyl sites for hydroxylation is 2. The molecule has 19 nitrogen and oxygen atoms in total. The molecule has 4 aromatic rings. The molecule has 0 fully saturated rings. The van der Waals surface area contributed by atoms with Crippen molar-refractivity contribution in [1.82, 2.24) is 15.2 Å². The zero-order valence-corrected chi connectivity index (χ0v) is 35.6. The van der Waals surface area contributed by atoms with Gasteiger partial charge >= 0.3 is 23.9 Å². The maximum atomic E-state index is 13.8. The SMILES string of the molecule is N[C@@H](CCCCn1cc(CC[C@H](N)C(=O)O)c(CC[C@H](N)C(=O)O)c1C(=O)NCCCCCC(=O)NCc1ccc2c(c1)C1(OC2=O)c2ccc(O)cc2Oc2cc(O)ccc21)C(=O)O.